The van der Waals surface area contributed by atoms with Crippen molar-refractivity contribution in [1.82, 2.24) is 14.5 Å². The third-order valence-electron chi connectivity index (χ3n) is 7.61. The average Bonchev–Trinajstić information content (AvgIpc) is 3.51. The largest absolute Gasteiger partial charge is 0.496 e. The smallest absolute Gasteiger partial charge is 0.295 e. The summed E-state index contributed by atoms with van der Waals surface area (Å²) in [4.78, 5) is 42.6. The Hall–Kier alpha value is -3.92. The average molecular weight is 523 g/mol. The number of aliphatic hydroxyl groups excluding tert-OH is 1. The lowest BCUT2D eigenvalue weighted by atomic mass is 9.90. The van der Waals surface area contributed by atoms with Crippen LogP contribution in [0.15, 0.2) is 42.6 Å². The minimum atomic E-state index is -0.738. The first-order chi connectivity index (χ1) is 18.2. The number of halogens is 1. The SMILES string of the molecule is COc1cc2c(cc1C(=O)N1CCC(Cc3ccc(F)cc3)CC1)c(C(=O)C(=O)N1CC[C@@H](O)C1)cn2N. The van der Waals surface area contributed by atoms with Crippen molar-refractivity contribution in [3.05, 3.63) is 65.1 Å². The maximum atomic E-state index is 13.6. The van der Waals surface area contributed by atoms with Gasteiger partial charge >= 0.3 is 0 Å². The maximum Gasteiger partial charge on any atom is 0.295 e. The molecule has 2 saturated heterocycles. The number of aromatic nitrogens is 1. The molecule has 0 aliphatic carbocycles. The second-order valence-electron chi connectivity index (χ2n) is 10.1. The Morgan fingerprint density at radius 1 is 1.03 bits per heavy atom. The van der Waals surface area contributed by atoms with Gasteiger partial charge in [0, 0.05) is 43.8 Å². The van der Waals surface area contributed by atoms with Gasteiger partial charge in [-0.15, -0.1) is 0 Å². The molecule has 0 bridgehead atoms. The number of β-amino-alcohol motifs (C(OH)–C–C–N with tert-alkyl or cyclic N) is 1. The summed E-state index contributed by atoms with van der Waals surface area (Å²) < 4.78 is 20.0. The number of fused-ring (bicyclic) bond motifs is 1. The van der Waals surface area contributed by atoms with Gasteiger partial charge in [0.2, 0.25) is 0 Å². The molecule has 2 aromatic carbocycles. The fourth-order valence-electron chi connectivity index (χ4n) is 5.44. The number of likely N-dealkylation sites (tertiary alicyclic amines) is 2. The van der Waals surface area contributed by atoms with Gasteiger partial charge in [0.25, 0.3) is 17.6 Å². The van der Waals surface area contributed by atoms with Crippen molar-refractivity contribution < 1.29 is 28.6 Å². The molecular formula is C28H31FN4O5. The highest BCUT2D eigenvalue weighted by Crippen LogP contribution is 2.32. The number of carbonyl (C=O) groups is 3. The van der Waals surface area contributed by atoms with Gasteiger partial charge in [-0.1, -0.05) is 12.1 Å². The van der Waals surface area contributed by atoms with Gasteiger partial charge in [-0.2, -0.15) is 0 Å². The van der Waals surface area contributed by atoms with Gasteiger partial charge in [0.05, 0.1) is 29.9 Å². The summed E-state index contributed by atoms with van der Waals surface area (Å²) in [7, 11) is 1.46. The highest BCUT2D eigenvalue weighted by molar-refractivity contribution is 6.45. The lowest BCUT2D eigenvalue weighted by molar-refractivity contribution is -0.125. The van der Waals surface area contributed by atoms with E-state index in [0.717, 1.165) is 24.8 Å². The second-order valence-corrected chi connectivity index (χ2v) is 10.1. The number of amides is 2. The molecule has 2 aliphatic heterocycles. The Labute approximate surface area is 219 Å². The van der Waals surface area contributed by atoms with Crippen LogP contribution in [0.2, 0.25) is 0 Å². The van der Waals surface area contributed by atoms with Crippen LogP contribution < -0.4 is 10.6 Å². The van der Waals surface area contributed by atoms with Crippen LogP contribution in [0.3, 0.4) is 0 Å². The molecule has 1 atom stereocenters. The van der Waals surface area contributed by atoms with E-state index in [1.54, 1.807) is 29.2 Å². The number of benzene rings is 2. The van der Waals surface area contributed by atoms with E-state index in [9.17, 15) is 23.9 Å². The van der Waals surface area contributed by atoms with Crippen molar-refractivity contribution in [3.8, 4) is 5.75 Å². The van der Waals surface area contributed by atoms with Gasteiger partial charge in [-0.3, -0.25) is 19.1 Å². The van der Waals surface area contributed by atoms with Gasteiger partial charge in [-0.25, -0.2) is 4.39 Å². The van der Waals surface area contributed by atoms with Crippen LogP contribution in [-0.2, 0) is 11.2 Å². The number of nitrogen functional groups attached to an aromatic ring is 1. The number of nitrogens with two attached hydrogens (primary N) is 1. The minimum absolute atomic E-state index is 0.101. The first kappa shape index (κ1) is 25.7. The first-order valence-corrected chi connectivity index (χ1v) is 12.8. The lowest BCUT2D eigenvalue weighted by Gasteiger charge is -2.32. The molecule has 2 amide bonds. The molecule has 3 heterocycles. The van der Waals surface area contributed by atoms with E-state index < -0.39 is 17.8 Å². The number of nitrogens with zero attached hydrogens (tertiary/aromatic N) is 3. The number of Topliss-reactive ketones (excluding diaryl/α,β-unsaturated/α-hetero) is 1. The Morgan fingerprint density at radius 2 is 1.71 bits per heavy atom. The number of hydrogen-bond acceptors (Lipinski definition) is 6. The zero-order valence-electron chi connectivity index (χ0n) is 21.2. The maximum absolute atomic E-state index is 13.6. The Kier molecular flexibility index (Phi) is 7.07. The zero-order valence-corrected chi connectivity index (χ0v) is 21.2. The van der Waals surface area contributed by atoms with Crippen molar-refractivity contribution >= 4 is 28.5 Å². The van der Waals surface area contributed by atoms with E-state index in [1.165, 1.54) is 35.0 Å². The van der Waals surface area contributed by atoms with Crippen molar-refractivity contribution in [2.75, 3.05) is 39.1 Å². The summed E-state index contributed by atoms with van der Waals surface area (Å²) in [6.45, 7) is 1.54. The van der Waals surface area contributed by atoms with Gasteiger partial charge in [0.15, 0.2) is 0 Å². The lowest BCUT2D eigenvalue weighted by Crippen LogP contribution is -2.39. The molecule has 0 saturated carbocycles. The second kappa shape index (κ2) is 10.4. The normalized spacial score (nSPS) is 18.2. The summed E-state index contributed by atoms with van der Waals surface area (Å²) >= 11 is 0. The topological polar surface area (TPSA) is 118 Å². The molecule has 10 heteroatoms. The summed E-state index contributed by atoms with van der Waals surface area (Å²) in [6.07, 6.45) is 3.62. The Balaban J connectivity index is 1.35. The van der Waals surface area contributed by atoms with Crippen molar-refractivity contribution in [2.45, 2.75) is 31.8 Å². The van der Waals surface area contributed by atoms with E-state index in [-0.39, 0.29) is 23.8 Å². The van der Waals surface area contributed by atoms with Crippen molar-refractivity contribution in [2.24, 2.45) is 5.92 Å². The zero-order chi connectivity index (χ0) is 27.0. The highest BCUT2D eigenvalue weighted by atomic mass is 19.1. The monoisotopic (exact) mass is 522 g/mol. The van der Waals surface area contributed by atoms with Gasteiger partial charge < -0.3 is 25.5 Å². The molecule has 5 rings (SSSR count). The Morgan fingerprint density at radius 3 is 2.34 bits per heavy atom. The number of hydrogen-bond donors (Lipinski definition) is 2. The third-order valence-corrected chi connectivity index (χ3v) is 7.61. The highest BCUT2D eigenvalue weighted by Gasteiger charge is 2.32. The first-order valence-electron chi connectivity index (χ1n) is 12.8. The minimum Gasteiger partial charge on any atom is -0.496 e. The van der Waals surface area contributed by atoms with E-state index in [0.29, 0.717) is 54.2 Å². The quantitative estimate of drug-likeness (QED) is 0.292. The number of ether oxygens (including phenoxy) is 1. The van der Waals surface area contributed by atoms with Crippen LogP contribution >= 0.6 is 0 Å². The summed E-state index contributed by atoms with van der Waals surface area (Å²) in [5.41, 5.74) is 1.92. The molecule has 200 valence electrons. The van der Waals surface area contributed by atoms with Crippen LogP contribution in [0.1, 0.15) is 45.5 Å². The summed E-state index contributed by atoms with van der Waals surface area (Å²) in [5.74, 6) is 4.89. The summed E-state index contributed by atoms with van der Waals surface area (Å²) in [6, 6.07) is 9.70. The third kappa shape index (κ3) is 4.96. The molecule has 3 N–H and O–H groups in total. The standard InChI is InChI=1S/C28H31FN4O5/c1-38-25-14-24-21(23(16-33(24)30)26(35)28(37)32-11-8-20(34)15-32)13-22(25)27(36)31-9-6-18(7-10-31)12-17-2-4-19(29)5-3-17/h2-5,13-14,16,18,20,34H,6-12,15,30H2,1H3/t20-/m1/s1. The number of ketones is 1. The van der Waals surface area contributed by atoms with Gasteiger partial charge in [0.1, 0.15) is 11.6 Å². The van der Waals surface area contributed by atoms with E-state index in [1.807, 2.05) is 0 Å². The van der Waals surface area contributed by atoms with E-state index >= 15 is 0 Å². The van der Waals surface area contributed by atoms with Crippen LogP contribution in [0.25, 0.3) is 10.9 Å². The van der Waals surface area contributed by atoms with Crippen LogP contribution in [0, 0.1) is 11.7 Å². The van der Waals surface area contributed by atoms with E-state index in [4.69, 9.17) is 10.6 Å². The molecule has 38 heavy (non-hydrogen) atoms. The number of piperidine rings is 1. The fraction of sp³-hybridized carbons (Fsp3) is 0.393. The predicted octanol–water partition coefficient (Wildman–Crippen LogP) is 2.37. The number of aliphatic hydroxyl groups is 1. The molecule has 1 aromatic heterocycles. The predicted molar refractivity (Wildman–Crippen MR) is 139 cm³/mol. The molecule has 0 radical (unpaired) electrons. The molecule has 9 nitrogen and oxygen atoms in total. The molecule has 0 spiro atoms. The summed E-state index contributed by atoms with van der Waals surface area (Å²) in [5, 5.41) is 10.1. The number of carbonyl (C=O) groups excluding carboxylic acids is 3. The van der Waals surface area contributed by atoms with Crippen molar-refractivity contribution in [1.29, 1.82) is 0 Å². The fourth-order valence-corrected chi connectivity index (χ4v) is 5.44. The molecular weight excluding hydrogens is 491 g/mol. The van der Waals surface area contributed by atoms with Crippen LogP contribution in [0.4, 0.5) is 4.39 Å². The van der Waals surface area contributed by atoms with Crippen LogP contribution in [-0.4, -0.2) is 76.6 Å². The molecule has 2 aliphatic rings. The molecule has 3 aromatic rings. The van der Waals surface area contributed by atoms with Gasteiger partial charge in [-0.05, 0) is 55.4 Å². The van der Waals surface area contributed by atoms with Crippen LogP contribution in [0.5, 0.6) is 5.75 Å². The number of methoxy groups -OCH3 is 1. The molecule has 2 fully saturated rings. The molecule has 0 unspecified atom stereocenters. The number of rotatable bonds is 6. The van der Waals surface area contributed by atoms with E-state index in [2.05, 4.69) is 0 Å². The van der Waals surface area contributed by atoms with Crippen molar-refractivity contribution in [3.63, 3.8) is 0 Å². The Bertz CT molecular complexity index is 1380.